The van der Waals surface area contributed by atoms with Gasteiger partial charge in [-0.25, -0.2) is 0 Å². The number of hydrogen-bond donors (Lipinski definition) is 0. The first-order valence-corrected chi connectivity index (χ1v) is 8.00. The van der Waals surface area contributed by atoms with Crippen LogP contribution in [0.3, 0.4) is 0 Å². The topological polar surface area (TPSA) is 27.0 Å². The van der Waals surface area contributed by atoms with E-state index < -0.39 is 0 Å². The minimum Gasteiger partial charge on any atom is -0.371 e. The molecule has 2 nitrogen and oxygen atoms in total. The molecule has 1 saturated heterocycles. The first-order valence-electron chi connectivity index (χ1n) is 8.00. The van der Waals surface area contributed by atoms with Gasteiger partial charge in [0.15, 0.2) is 0 Å². The molecule has 2 aromatic carbocycles. The zero-order valence-corrected chi connectivity index (χ0v) is 12.7. The van der Waals surface area contributed by atoms with Crippen LogP contribution < -0.4 is 4.90 Å². The summed E-state index contributed by atoms with van der Waals surface area (Å²) in [4.78, 5) is 2.50. The lowest BCUT2D eigenvalue weighted by Gasteiger charge is -2.34. The molecule has 0 N–H and O–H groups in total. The van der Waals surface area contributed by atoms with Crippen molar-refractivity contribution in [2.75, 3.05) is 18.0 Å². The van der Waals surface area contributed by atoms with Crippen LogP contribution in [0.4, 0.5) is 5.69 Å². The van der Waals surface area contributed by atoms with Crippen LogP contribution in [0.15, 0.2) is 36.4 Å². The summed E-state index contributed by atoms with van der Waals surface area (Å²) >= 11 is 0. The van der Waals surface area contributed by atoms with Crippen LogP contribution in [0.2, 0.25) is 0 Å². The average Bonchev–Trinajstić information content (AvgIpc) is 2.55. The van der Waals surface area contributed by atoms with Gasteiger partial charge in [-0.3, -0.25) is 0 Å². The van der Waals surface area contributed by atoms with Gasteiger partial charge in [-0.2, -0.15) is 5.26 Å². The molecule has 0 saturated carbocycles. The molecule has 0 aromatic heterocycles. The van der Waals surface area contributed by atoms with Crippen molar-refractivity contribution >= 4 is 16.5 Å². The Morgan fingerprint density at radius 1 is 1.10 bits per heavy atom. The van der Waals surface area contributed by atoms with Gasteiger partial charge in [0.2, 0.25) is 0 Å². The fraction of sp³-hybridized carbons (Fsp3) is 0.421. The van der Waals surface area contributed by atoms with Crippen molar-refractivity contribution in [1.29, 1.82) is 5.26 Å². The molecule has 0 atom stereocenters. The predicted molar refractivity (Wildman–Crippen MR) is 88.5 cm³/mol. The van der Waals surface area contributed by atoms with Crippen molar-refractivity contribution < 1.29 is 0 Å². The molecule has 21 heavy (non-hydrogen) atoms. The van der Waals surface area contributed by atoms with Gasteiger partial charge in [0, 0.05) is 29.5 Å². The minimum atomic E-state index is 0.773. The first-order chi connectivity index (χ1) is 10.3. The molecule has 2 aromatic rings. The highest BCUT2D eigenvalue weighted by Gasteiger charge is 2.20. The van der Waals surface area contributed by atoms with Crippen LogP contribution in [0.25, 0.3) is 10.8 Å². The third-order valence-corrected chi connectivity index (χ3v) is 4.67. The van der Waals surface area contributed by atoms with E-state index in [0.717, 1.165) is 30.0 Å². The fourth-order valence-electron chi connectivity index (χ4n) is 3.53. The summed E-state index contributed by atoms with van der Waals surface area (Å²) in [5.41, 5.74) is 2.06. The van der Waals surface area contributed by atoms with Gasteiger partial charge in [-0.15, -0.1) is 0 Å². The Labute approximate surface area is 127 Å². The smallest absolute Gasteiger partial charge is 0.0998 e. The SMILES string of the molecule is CCCC1CCN(c2ccc(C#N)c3ccccc23)CC1. The number of anilines is 1. The Hall–Kier alpha value is -2.01. The number of nitrogens with zero attached hydrogens (tertiary/aromatic N) is 2. The van der Waals surface area contributed by atoms with Gasteiger partial charge in [0.1, 0.15) is 0 Å². The highest BCUT2D eigenvalue weighted by molar-refractivity contribution is 5.97. The Morgan fingerprint density at radius 2 is 1.81 bits per heavy atom. The highest BCUT2D eigenvalue weighted by atomic mass is 15.1. The molecule has 3 rings (SSSR count). The summed E-state index contributed by atoms with van der Waals surface area (Å²) in [5.74, 6) is 0.899. The number of benzene rings is 2. The van der Waals surface area contributed by atoms with Crippen LogP contribution >= 0.6 is 0 Å². The van der Waals surface area contributed by atoms with Crippen LogP contribution in [0.5, 0.6) is 0 Å². The molecule has 0 spiro atoms. The normalized spacial score (nSPS) is 16.1. The summed E-state index contributed by atoms with van der Waals surface area (Å²) in [7, 11) is 0. The van der Waals surface area contributed by atoms with E-state index in [0.29, 0.717) is 0 Å². The third kappa shape index (κ3) is 2.74. The van der Waals surface area contributed by atoms with E-state index in [9.17, 15) is 5.26 Å². The maximum atomic E-state index is 9.27. The largest absolute Gasteiger partial charge is 0.371 e. The molecule has 108 valence electrons. The van der Waals surface area contributed by atoms with Crippen molar-refractivity contribution in [2.24, 2.45) is 5.92 Å². The monoisotopic (exact) mass is 278 g/mol. The molecular weight excluding hydrogens is 256 g/mol. The summed E-state index contributed by atoms with van der Waals surface area (Å²) in [6.45, 7) is 4.56. The molecule has 2 heteroatoms. The van der Waals surface area contributed by atoms with Crippen LogP contribution in [0, 0.1) is 17.2 Å². The number of rotatable bonds is 3. The standard InChI is InChI=1S/C19H22N2/c1-2-5-15-10-12-21(13-11-15)19-9-8-16(14-20)17-6-3-4-7-18(17)19/h3-4,6-9,15H,2,5,10-13H2,1H3. The Morgan fingerprint density at radius 3 is 2.48 bits per heavy atom. The lowest BCUT2D eigenvalue weighted by Crippen LogP contribution is -2.33. The fourth-order valence-corrected chi connectivity index (χ4v) is 3.53. The average molecular weight is 278 g/mol. The summed E-state index contributed by atoms with van der Waals surface area (Å²) in [5, 5.41) is 11.6. The van der Waals surface area contributed by atoms with E-state index in [1.807, 2.05) is 12.1 Å². The lowest BCUT2D eigenvalue weighted by molar-refractivity contribution is 0.379. The summed E-state index contributed by atoms with van der Waals surface area (Å²) in [6, 6.07) is 14.7. The highest BCUT2D eigenvalue weighted by Crippen LogP contribution is 2.32. The summed E-state index contributed by atoms with van der Waals surface area (Å²) < 4.78 is 0. The predicted octanol–water partition coefficient (Wildman–Crippen LogP) is 4.73. The van der Waals surface area contributed by atoms with E-state index in [4.69, 9.17) is 0 Å². The minimum absolute atomic E-state index is 0.773. The van der Waals surface area contributed by atoms with E-state index in [1.165, 1.54) is 36.8 Å². The quantitative estimate of drug-likeness (QED) is 0.811. The van der Waals surface area contributed by atoms with Crippen molar-refractivity contribution in [3.05, 3.63) is 42.0 Å². The lowest BCUT2D eigenvalue weighted by atomic mass is 9.91. The second-order valence-corrected chi connectivity index (χ2v) is 6.01. The molecule has 1 heterocycles. The van der Waals surface area contributed by atoms with Gasteiger partial charge >= 0.3 is 0 Å². The van der Waals surface area contributed by atoms with E-state index in [1.54, 1.807) is 0 Å². The van der Waals surface area contributed by atoms with Crippen LogP contribution in [-0.4, -0.2) is 13.1 Å². The molecule has 1 aliphatic heterocycles. The second-order valence-electron chi connectivity index (χ2n) is 6.01. The Balaban J connectivity index is 1.90. The van der Waals surface area contributed by atoms with Gasteiger partial charge in [0.25, 0.3) is 0 Å². The second kappa shape index (κ2) is 6.18. The molecule has 1 fully saturated rings. The number of hydrogen-bond acceptors (Lipinski definition) is 2. The van der Waals surface area contributed by atoms with Gasteiger partial charge in [-0.05, 0) is 30.9 Å². The molecule has 0 radical (unpaired) electrons. The number of nitriles is 1. The zero-order chi connectivity index (χ0) is 14.7. The number of piperidine rings is 1. The summed E-state index contributed by atoms with van der Waals surface area (Å²) in [6.07, 6.45) is 5.25. The van der Waals surface area contributed by atoms with Crippen molar-refractivity contribution in [1.82, 2.24) is 0 Å². The zero-order valence-electron chi connectivity index (χ0n) is 12.7. The maximum Gasteiger partial charge on any atom is 0.0998 e. The molecule has 0 aliphatic carbocycles. The molecule has 1 aliphatic rings. The maximum absolute atomic E-state index is 9.27. The molecule has 0 bridgehead atoms. The number of fused-ring (bicyclic) bond motifs is 1. The Kier molecular flexibility index (Phi) is 4.10. The van der Waals surface area contributed by atoms with Crippen molar-refractivity contribution in [2.45, 2.75) is 32.6 Å². The van der Waals surface area contributed by atoms with Crippen molar-refractivity contribution in [3.8, 4) is 6.07 Å². The third-order valence-electron chi connectivity index (χ3n) is 4.67. The molecule has 0 amide bonds. The first kappa shape index (κ1) is 13.9. The van der Waals surface area contributed by atoms with Crippen LogP contribution in [-0.2, 0) is 0 Å². The molecule has 0 unspecified atom stereocenters. The molecular formula is C19H22N2. The van der Waals surface area contributed by atoms with E-state index in [2.05, 4.69) is 42.2 Å². The van der Waals surface area contributed by atoms with Gasteiger partial charge in [-0.1, -0.05) is 44.0 Å². The van der Waals surface area contributed by atoms with E-state index >= 15 is 0 Å². The Bertz CT molecular complexity index is 661. The van der Waals surface area contributed by atoms with Crippen LogP contribution in [0.1, 0.15) is 38.2 Å². The van der Waals surface area contributed by atoms with Crippen molar-refractivity contribution in [3.63, 3.8) is 0 Å². The van der Waals surface area contributed by atoms with E-state index in [-0.39, 0.29) is 0 Å². The van der Waals surface area contributed by atoms with Gasteiger partial charge in [0.05, 0.1) is 11.6 Å². The van der Waals surface area contributed by atoms with Gasteiger partial charge < -0.3 is 4.90 Å².